The van der Waals surface area contributed by atoms with Crippen molar-refractivity contribution in [2.75, 3.05) is 23.1 Å². The molecule has 0 radical (unpaired) electrons. The van der Waals surface area contributed by atoms with E-state index in [1.54, 1.807) is 0 Å². The summed E-state index contributed by atoms with van der Waals surface area (Å²) in [5.41, 5.74) is 1.85. The number of hydrogen-bond acceptors (Lipinski definition) is 3. The first-order valence-corrected chi connectivity index (χ1v) is 12.2. The van der Waals surface area contributed by atoms with Gasteiger partial charge in [0.05, 0.1) is 11.4 Å². The van der Waals surface area contributed by atoms with E-state index in [2.05, 4.69) is 10.6 Å². The standard InChI is InChI=1S/C21H29N3O3S/c25-21(23-20-17-10-14-9-15(12-17)13-18(20)11-14)22-6-8-28(26,27)24-7-5-16-3-1-2-4-19(16)24/h1-4,14-15,17-18,20H,5-13H2,(H2,22,23,25). The Morgan fingerprint density at radius 3 is 2.43 bits per heavy atom. The average molecular weight is 404 g/mol. The van der Waals surface area contributed by atoms with Crippen molar-refractivity contribution in [2.24, 2.45) is 23.7 Å². The summed E-state index contributed by atoms with van der Waals surface area (Å²) in [4.78, 5) is 12.4. The SMILES string of the molecule is O=C(NCCS(=O)(=O)N1CCc2ccccc21)NC1C2CC3CC(C2)CC1C3. The molecule has 1 heterocycles. The summed E-state index contributed by atoms with van der Waals surface area (Å²) >= 11 is 0. The minimum Gasteiger partial charge on any atom is -0.337 e. The molecule has 4 fully saturated rings. The molecule has 4 aliphatic carbocycles. The monoisotopic (exact) mass is 403 g/mol. The lowest BCUT2D eigenvalue weighted by atomic mass is 9.54. The quantitative estimate of drug-likeness (QED) is 0.793. The summed E-state index contributed by atoms with van der Waals surface area (Å²) < 4.78 is 26.9. The van der Waals surface area contributed by atoms with Gasteiger partial charge in [-0.3, -0.25) is 4.31 Å². The fraction of sp³-hybridized carbons (Fsp3) is 0.667. The van der Waals surface area contributed by atoms with Crippen molar-refractivity contribution < 1.29 is 13.2 Å². The molecule has 0 atom stereocenters. The Hall–Kier alpha value is -1.76. The fourth-order valence-corrected chi connectivity index (χ4v) is 7.79. The number of urea groups is 1. The van der Waals surface area contributed by atoms with E-state index in [9.17, 15) is 13.2 Å². The maximum Gasteiger partial charge on any atom is 0.315 e. The van der Waals surface area contributed by atoms with E-state index >= 15 is 0 Å². The van der Waals surface area contributed by atoms with Crippen molar-refractivity contribution in [1.29, 1.82) is 0 Å². The van der Waals surface area contributed by atoms with Gasteiger partial charge in [-0.15, -0.1) is 0 Å². The molecule has 6 nitrogen and oxygen atoms in total. The van der Waals surface area contributed by atoms with Crippen molar-refractivity contribution >= 4 is 21.7 Å². The minimum absolute atomic E-state index is 0.0730. The number of nitrogens with zero attached hydrogens (tertiary/aromatic N) is 1. The fourth-order valence-electron chi connectivity index (χ4n) is 6.36. The largest absolute Gasteiger partial charge is 0.337 e. The number of hydrogen-bond donors (Lipinski definition) is 2. The maximum absolute atomic E-state index is 12.7. The van der Waals surface area contributed by atoms with Gasteiger partial charge in [0.1, 0.15) is 0 Å². The van der Waals surface area contributed by atoms with Gasteiger partial charge in [-0.05, 0) is 73.8 Å². The van der Waals surface area contributed by atoms with Gasteiger partial charge in [0, 0.05) is 19.1 Å². The molecule has 7 heteroatoms. The van der Waals surface area contributed by atoms with Gasteiger partial charge in [-0.1, -0.05) is 18.2 Å². The topological polar surface area (TPSA) is 78.5 Å². The lowest BCUT2D eigenvalue weighted by molar-refractivity contribution is -0.00938. The molecule has 2 amide bonds. The first-order chi connectivity index (χ1) is 13.5. The van der Waals surface area contributed by atoms with E-state index in [-0.39, 0.29) is 24.4 Å². The maximum atomic E-state index is 12.7. The van der Waals surface area contributed by atoms with Crippen LogP contribution in [0.25, 0.3) is 0 Å². The van der Waals surface area contributed by atoms with Gasteiger partial charge in [-0.25, -0.2) is 13.2 Å². The number of para-hydroxylation sites is 1. The second-order valence-electron chi connectivity index (χ2n) is 9.12. The number of fused-ring (bicyclic) bond motifs is 1. The molecule has 4 saturated carbocycles. The predicted molar refractivity (Wildman–Crippen MR) is 109 cm³/mol. The van der Waals surface area contributed by atoms with Crippen LogP contribution in [0.4, 0.5) is 10.5 Å². The number of nitrogens with one attached hydrogen (secondary N) is 2. The molecular formula is C21H29N3O3S. The Morgan fingerprint density at radius 1 is 1.04 bits per heavy atom. The smallest absolute Gasteiger partial charge is 0.315 e. The van der Waals surface area contributed by atoms with Crippen molar-refractivity contribution in [3.63, 3.8) is 0 Å². The Kier molecular flexibility index (Phi) is 4.53. The molecule has 0 unspecified atom stereocenters. The Labute approximate surface area is 167 Å². The second-order valence-corrected chi connectivity index (χ2v) is 11.1. The van der Waals surface area contributed by atoms with Gasteiger partial charge >= 0.3 is 6.03 Å². The molecule has 2 N–H and O–H groups in total. The van der Waals surface area contributed by atoms with Gasteiger partial charge in [-0.2, -0.15) is 0 Å². The number of carbonyl (C=O) groups excluding carboxylic acids is 1. The van der Waals surface area contributed by atoms with Crippen LogP contribution in [0.2, 0.25) is 0 Å². The zero-order valence-electron chi connectivity index (χ0n) is 16.1. The molecule has 4 bridgehead atoms. The number of rotatable bonds is 5. The number of amides is 2. The third-order valence-corrected chi connectivity index (χ3v) is 9.12. The van der Waals surface area contributed by atoms with Crippen LogP contribution in [0, 0.1) is 23.7 Å². The van der Waals surface area contributed by atoms with E-state index in [0.717, 1.165) is 29.5 Å². The third-order valence-electron chi connectivity index (χ3n) is 7.35. The highest BCUT2D eigenvalue weighted by molar-refractivity contribution is 7.92. The summed E-state index contributed by atoms with van der Waals surface area (Å²) in [5, 5.41) is 5.96. The van der Waals surface area contributed by atoms with Crippen molar-refractivity contribution in [3.05, 3.63) is 29.8 Å². The second kappa shape index (κ2) is 6.94. The van der Waals surface area contributed by atoms with Crippen molar-refractivity contribution in [1.82, 2.24) is 10.6 Å². The molecule has 0 spiro atoms. The van der Waals surface area contributed by atoms with Crippen LogP contribution < -0.4 is 14.9 Å². The summed E-state index contributed by atoms with van der Waals surface area (Å²) in [5.74, 6) is 2.91. The van der Waals surface area contributed by atoms with E-state index in [1.165, 1.54) is 36.4 Å². The highest BCUT2D eigenvalue weighted by atomic mass is 32.2. The minimum atomic E-state index is -3.43. The Morgan fingerprint density at radius 2 is 1.71 bits per heavy atom. The lowest BCUT2D eigenvalue weighted by Gasteiger charge is -2.54. The van der Waals surface area contributed by atoms with Crippen LogP contribution in [-0.2, 0) is 16.4 Å². The molecule has 5 aliphatic rings. The first kappa shape index (κ1) is 18.3. The van der Waals surface area contributed by atoms with Gasteiger partial charge in [0.15, 0.2) is 0 Å². The normalized spacial score (nSPS) is 33.0. The van der Waals surface area contributed by atoms with Gasteiger partial charge in [0.25, 0.3) is 0 Å². The van der Waals surface area contributed by atoms with Crippen LogP contribution >= 0.6 is 0 Å². The number of benzene rings is 1. The van der Waals surface area contributed by atoms with Crippen LogP contribution in [0.5, 0.6) is 0 Å². The first-order valence-electron chi connectivity index (χ1n) is 10.6. The third kappa shape index (κ3) is 3.27. The molecule has 6 rings (SSSR count). The molecule has 1 aromatic carbocycles. The number of sulfonamides is 1. The average Bonchev–Trinajstić information content (AvgIpc) is 3.09. The van der Waals surface area contributed by atoms with E-state index in [0.29, 0.717) is 18.4 Å². The molecule has 0 saturated heterocycles. The molecular weight excluding hydrogens is 374 g/mol. The van der Waals surface area contributed by atoms with E-state index < -0.39 is 10.0 Å². The highest BCUT2D eigenvalue weighted by Crippen LogP contribution is 2.53. The predicted octanol–water partition coefficient (Wildman–Crippen LogP) is 2.50. The molecule has 1 aliphatic heterocycles. The zero-order valence-corrected chi connectivity index (χ0v) is 17.0. The Bertz CT molecular complexity index is 841. The molecule has 28 heavy (non-hydrogen) atoms. The summed E-state index contributed by atoms with van der Waals surface area (Å²) in [6.07, 6.45) is 7.14. The summed E-state index contributed by atoms with van der Waals surface area (Å²) in [6.45, 7) is 0.627. The van der Waals surface area contributed by atoms with Crippen LogP contribution in [0.1, 0.15) is 37.7 Å². The molecule has 152 valence electrons. The van der Waals surface area contributed by atoms with Gasteiger partial charge in [0.2, 0.25) is 10.0 Å². The summed E-state index contributed by atoms with van der Waals surface area (Å²) in [7, 11) is -3.43. The lowest BCUT2D eigenvalue weighted by Crippen LogP contribution is -2.57. The molecule has 0 aromatic heterocycles. The zero-order chi connectivity index (χ0) is 19.3. The van der Waals surface area contributed by atoms with Crippen LogP contribution in [-0.4, -0.2) is 39.3 Å². The summed E-state index contributed by atoms with van der Waals surface area (Å²) in [6, 6.07) is 7.69. The van der Waals surface area contributed by atoms with Crippen LogP contribution in [0.15, 0.2) is 24.3 Å². The van der Waals surface area contributed by atoms with Crippen LogP contribution in [0.3, 0.4) is 0 Å². The van der Waals surface area contributed by atoms with Crippen molar-refractivity contribution in [3.8, 4) is 0 Å². The van der Waals surface area contributed by atoms with Gasteiger partial charge < -0.3 is 10.6 Å². The highest BCUT2D eigenvalue weighted by Gasteiger charge is 2.48. The van der Waals surface area contributed by atoms with Crippen molar-refractivity contribution in [2.45, 2.75) is 44.6 Å². The van der Waals surface area contributed by atoms with E-state index in [4.69, 9.17) is 0 Å². The van der Waals surface area contributed by atoms with E-state index in [1.807, 2.05) is 24.3 Å². The number of anilines is 1. The number of carbonyl (C=O) groups is 1. The Balaban J connectivity index is 1.14. The molecule has 1 aromatic rings.